The number of alkyl halides is 3. The predicted molar refractivity (Wildman–Crippen MR) is 88.6 cm³/mol. The van der Waals surface area contributed by atoms with Crippen molar-refractivity contribution in [1.29, 1.82) is 0 Å². The van der Waals surface area contributed by atoms with Crippen LogP contribution in [0.25, 0.3) is 0 Å². The third kappa shape index (κ3) is 5.44. The summed E-state index contributed by atoms with van der Waals surface area (Å²) in [6.07, 6.45) is -1.83. The van der Waals surface area contributed by atoms with Gasteiger partial charge in [-0.3, -0.25) is 9.59 Å². The zero-order chi connectivity index (χ0) is 19.2. The predicted octanol–water partition coefficient (Wildman–Crippen LogP) is 3.20. The molecule has 0 aliphatic carbocycles. The van der Waals surface area contributed by atoms with Gasteiger partial charge < -0.3 is 4.74 Å². The number of benzene rings is 1. The highest BCUT2D eigenvalue weighted by Gasteiger charge is 2.30. The van der Waals surface area contributed by atoms with Gasteiger partial charge >= 0.3 is 12.1 Å². The summed E-state index contributed by atoms with van der Waals surface area (Å²) in [6.45, 7) is 1.85. The Morgan fingerprint density at radius 2 is 2.04 bits per heavy atom. The highest BCUT2D eigenvalue weighted by molar-refractivity contribution is 5.69. The van der Waals surface area contributed by atoms with E-state index in [4.69, 9.17) is 4.74 Å². The monoisotopic (exact) mass is 368 g/mol. The van der Waals surface area contributed by atoms with Crippen molar-refractivity contribution >= 4 is 5.97 Å². The zero-order valence-electron chi connectivity index (χ0n) is 14.3. The molecule has 8 heteroatoms. The number of hydrogen-bond acceptors (Lipinski definition) is 4. The number of esters is 1. The van der Waals surface area contributed by atoms with Crippen LogP contribution in [0.4, 0.5) is 13.2 Å². The van der Waals surface area contributed by atoms with E-state index in [1.807, 2.05) is 6.92 Å². The number of nitrogens with zero attached hydrogens (tertiary/aromatic N) is 2. The first-order chi connectivity index (χ1) is 12.3. The molecule has 0 unspecified atom stereocenters. The molecule has 140 valence electrons. The second kappa shape index (κ2) is 8.64. The van der Waals surface area contributed by atoms with Crippen molar-refractivity contribution in [3.63, 3.8) is 0 Å². The molecule has 1 aromatic carbocycles. The number of hydrogen-bond donors (Lipinski definition) is 0. The molecule has 2 rings (SSSR count). The maximum Gasteiger partial charge on any atom is 0.416 e. The zero-order valence-corrected chi connectivity index (χ0v) is 14.3. The SMILES string of the molecule is CCCC(=O)OCCc1ccnn(Cc2cccc(C(F)(F)F)c2)c1=O. The van der Waals surface area contributed by atoms with Crippen molar-refractivity contribution in [2.24, 2.45) is 0 Å². The molecule has 0 N–H and O–H groups in total. The van der Waals surface area contributed by atoms with Crippen molar-refractivity contribution in [2.75, 3.05) is 6.61 Å². The Kier molecular flexibility index (Phi) is 6.54. The molecule has 0 bridgehead atoms. The summed E-state index contributed by atoms with van der Waals surface area (Å²) in [5.41, 5.74) is -0.490. The van der Waals surface area contributed by atoms with Gasteiger partial charge in [-0.25, -0.2) is 4.68 Å². The molecule has 1 heterocycles. The van der Waals surface area contributed by atoms with Gasteiger partial charge in [0.1, 0.15) is 0 Å². The third-order valence-corrected chi connectivity index (χ3v) is 3.67. The summed E-state index contributed by atoms with van der Waals surface area (Å²) >= 11 is 0. The van der Waals surface area contributed by atoms with E-state index in [1.165, 1.54) is 24.4 Å². The summed E-state index contributed by atoms with van der Waals surface area (Å²) in [7, 11) is 0. The lowest BCUT2D eigenvalue weighted by Gasteiger charge is -2.10. The Hall–Kier alpha value is -2.64. The second-order valence-electron chi connectivity index (χ2n) is 5.74. The third-order valence-electron chi connectivity index (χ3n) is 3.67. The van der Waals surface area contributed by atoms with Crippen LogP contribution in [0.1, 0.15) is 36.5 Å². The highest BCUT2D eigenvalue weighted by atomic mass is 19.4. The van der Waals surface area contributed by atoms with Gasteiger partial charge in [0.2, 0.25) is 0 Å². The molecule has 0 saturated carbocycles. The number of ether oxygens (including phenoxy) is 1. The van der Waals surface area contributed by atoms with Crippen LogP contribution in [-0.2, 0) is 28.7 Å². The number of aromatic nitrogens is 2. The Morgan fingerprint density at radius 1 is 1.27 bits per heavy atom. The number of halogens is 3. The van der Waals surface area contributed by atoms with Crippen molar-refractivity contribution in [1.82, 2.24) is 9.78 Å². The van der Waals surface area contributed by atoms with E-state index in [-0.39, 0.29) is 25.5 Å². The highest BCUT2D eigenvalue weighted by Crippen LogP contribution is 2.29. The lowest BCUT2D eigenvalue weighted by atomic mass is 10.1. The van der Waals surface area contributed by atoms with Crippen LogP contribution in [0.3, 0.4) is 0 Å². The molecule has 0 saturated heterocycles. The maximum absolute atomic E-state index is 12.8. The molecular formula is C18H19F3N2O3. The fourth-order valence-electron chi connectivity index (χ4n) is 2.37. The first-order valence-electron chi connectivity index (χ1n) is 8.18. The van der Waals surface area contributed by atoms with Crippen LogP contribution in [0, 0.1) is 0 Å². The Bertz CT molecular complexity index is 816. The van der Waals surface area contributed by atoms with Crippen LogP contribution in [0.2, 0.25) is 0 Å². The summed E-state index contributed by atoms with van der Waals surface area (Å²) < 4.78 is 44.5. The second-order valence-corrected chi connectivity index (χ2v) is 5.74. The lowest BCUT2D eigenvalue weighted by Crippen LogP contribution is -2.27. The van der Waals surface area contributed by atoms with Gasteiger partial charge in [-0.1, -0.05) is 19.1 Å². The topological polar surface area (TPSA) is 61.2 Å². The molecule has 0 spiro atoms. The van der Waals surface area contributed by atoms with Gasteiger partial charge in [0.15, 0.2) is 0 Å². The molecule has 5 nitrogen and oxygen atoms in total. The van der Waals surface area contributed by atoms with Gasteiger partial charge in [0.05, 0.1) is 18.7 Å². The van der Waals surface area contributed by atoms with Crippen LogP contribution in [0.5, 0.6) is 0 Å². The first kappa shape index (κ1) is 19.7. The molecule has 0 radical (unpaired) electrons. The van der Waals surface area contributed by atoms with Crippen LogP contribution in [0.15, 0.2) is 41.3 Å². The van der Waals surface area contributed by atoms with E-state index in [9.17, 15) is 22.8 Å². The van der Waals surface area contributed by atoms with Crippen molar-refractivity contribution in [2.45, 2.75) is 38.9 Å². The van der Waals surface area contributed by atoms with E-state index in [2.05, 4.69) is 5.10 Å². The minimum Gasteiger partial charge on any atom is -0.465 e. The first-order valence-corrected chi connectivity index (χ1v) is 8.18. The minimum absolute atomic E-state index is 0.0711. The maximum atomic E-state index is 12.8. The van der Waals surface area contributed by atoms with Crippen LogP contribution in [-0.4, -0.2) is 22.4 Å². The molecular weight excluding hydrogens is 349 g/mol. The number of carbonyl (C=O) groups excluding carboxylic acids is 1. The van der Waals surface area contributed by atoms with E-state index in [1.54, 1.807) is 0 Å². The van der Waals surface area contributed by atoms with Gasteiger partial charge in [-0.15, -0.1) is 0 Å². The lowest BCUT2D eigenvalue weighted by molar-refractivity contribution is -0.143. The summed E-state index contributed by atoms with van der Waals surface area (Å²) in [5.74, 6) is -0.328. The van der Waals surface area contributed by atoms with Gasteiger partial charge in [0.25, 0.3) is 5.56 Å². The Morgan fingerprint density at radius 3 is 2.73 bits per heavy atom. The fraction of sp³-hybridized carbons (Fsp3) is 0.389. The summed E-state index contributed by atoms with van der Waals surface area (Å²) in [6, 6.07) is 6.27. The molecule has 0 aliphatic heterocycles. The molecule has 1 aromatic heterocycles. The van der Waals surface area contributed by atoms with E-state index in [0.29, 0.717) is 24.0 Å². The molecule has 26 heavy (non-hydrogen) atoms. The average molecular weight is 368 g/mol. The number of carbonyl (C=O) groups is 1. The van der Waals surface area contributed by atoms with E-state index < -0.39 is 17.3 Å². The fourth-order valence-corrected chi connectivity index (χ4v) is 2.37. The summed E-state index contributed by atoms with van der Waals surface area (Å²) in [5, 5.41) is 3.91. The molecule has 0 atom stereocenters. The Balaban J connectivity index is 2.10. The summed E-state index contributed by atoms with van der Waals surface area (Å²) in [4.78, 5) is 23.7. The van der Waals surface area contributed by atoms with E-state index in [0.717, 1.165) is 16.8 Å². The Labute approximate surface area is 148 Å². The minimum atomic E-state index is -4.45. The molecule has 2 aromatic rings. The van der Waals surface area contributed by atoms with Gasteiger partial charge in [-0.05, 0) is 30.2 Å². The molecule has 0 aliphatic rings. The number of rotatable bonds is 7. The largest absolute Gasteiger partial charge is 0.465 e. The molecule has 0 fully saturated rings. The van der Waals surface area contributed by atoms with Crippen molar-refractivity contribution in [3.8, 4) is 0 Å². The van der Waals surface area contributed by atoms with Crippen molar-refractivity contribution < 1.29 is 22.7 Å². The van der Waals surface area contributed by atoms with Crippen molar-refractivity contribution in [3.05, 3.63) is 63.6 Å². The molecule has 0 amide bonds. The van der Waals surface area contributed by atoms with Crippen LogP contribution < -0.4 is 5.56 Å². The average Bonchev–Trinajstić information content (AvgIpc) is 2.58. The van der Waals surface area contributed by atoms with Crippen LogP contribution >= 0.6 is 0 Å². The van der Waals surface area contributed by atoms with E-state index >= 15 is 0 Å². The normalized spacial score (nSPS) is 11.4. The quantitative estimate of drug-likeness (QED) is 0.704. The standard InChI is InChI=1S/C18H19F3N2O3/c1-2-4-16(24)26-10-8-14-7-9-22-23(17(14)25)12-13-5-3-6-15(11-13)18(19,20)21/h3,5-7,9,11H,2,4,8,10,12H2,1H3. The van der Waals surface area contributed by atoms with Gasteiger partial charge in [-0.2, -0.15) is 18.3 Å². The smallest absolute Gasteiger partial charge is 0.416 e. The van der Waals surface area contributed by atoms with Gasteiger partial charge in [0, 0.05) is 24.6 Å².